The van der Waals surface area contributed by atoms with E-state index in [1.54, 1.807) is 0 Å². The fourth-order valence-corrected chi connectivity index (χ4v) is 3.56. The minimum atomic E-state index is 0.111. The number of aromatic nitrogens is 4. The molecule has 0 saturated carbocycles. The third-order valence-corrected chi connectivity index (χ3v) is 4.63. The zero-order valence-electron chi connectivity index (χ0n) is 11.0. The lowest BCUT2D eigenvalue weighted by Crippen LogP contribution is -2.02. The Morgan fingerprint density at radius 1 is 1.40 bits per heavy atom. The summed E-state index contributed by atoms with van der Waals surface area (Å²) in [5.41, 5.74) is 1.93. The summed E-state index contributed by atoms with van der Waals surface area (Å²) in [6.45, 7) is 3.91. The van der Waals surface area contributed by atoms with E-state index in [1.165, 1.54) is 23.1 Å². The van der Waals surface area contributed by atoms with Gasteiger partial charge in [0.1, 0.15) is 0 Å². The average molecular weight is 304 g/mol. The highest BCUT2D eigenvalue weighted by molar-refractivity contribution is 7.99. The van der Waals surface area contributed by atoms with E-state index < -0.39 is 0 Å². The Morgan fingerprint density at radius 2 is 2.25 bits per heavy atom. The monoisotopic (exact) mass is 304 g/mol. The Hall–Kier alpha value is -1.73. The molecule has 3 aromatic heterocycles. The predicted molar refractivity (Wildman–Crippen MR) is 79.6 cm³/mol. The van der Waals surface area contributed by atoms with Crippen LogP contribution in [0.1, 0.15) is 21.1 Å². The zero-order valence-corrected chi connectivity index (χ0v) is 12.7. The molecule has 0 aromatic carbocycles. The Kier molecular flexibility index (Phi) is 3.54. The van der Waals surface area contributed by atoms with Crippen LogP contribution < -0.4 is 0 Å². The van der Waals surface area contributed by atoms with Crippen molar-refractivity contribution in [2.75, 3.05) is 5.75 Å². The molecule has 0 aliphatic heterocycles. The highest BCUT2D eigenvalue weighted by Gasteiger charge is 2.13. The number of ketones is 1. The molecule has 0 bridgehead atoms. The number of hydrogen-bond donors (Lipinski definition) is 0. The average Bonchev–Trinajstić information content (AvgIpc) is 3.04. The fourth-order valence-electron chi connectivity index (χ4n) is 1.93. The van der Waals surface area contributed by atoms with E-state index in [4.69, 9.17) is 0 Å². The molecular formula is C13H12N4OS2. The Labute approximate surface area is 124 Å². The Balaban J connectivity index is 1.83. The molecule has 0 unspecified atom stereocenters. The topological polar surface area (TPSA) is 60.2 Å². The predicted octanol–water partition coefficient (Wildman–Crippen LogP) is 2.78. The Morgan fingerprint density at radius 3 is 3.00 bits per heavy atom. The Bertz CT molecular complexity index is 764. The molecule has 0 radical (unpaired) electrons. The molecule has 3 rings (SSSR count). The van der Waals surface area contributed by atoms with Crippen molar-refractivity contribution >= 4 is 34.7 Å². The molecule has 0 aliphatic rings. The van der Waals surface area contributed by atoms with Crippen molar-refractivity contribution in [3.63, 3.8) is 0 Å². The molecule has 3 aromatic rings. The highest BCUT2D eigenvalue weighted by atomic mass is 32.2. The highest BCUT2D eigenvalue weighted by Crippen LogP contribution is 2.20. The van der Waals surface area contributed by atoms with Crippen LogP contribution in [0.25, 0.3) is 5.78 Å². The van der Waals surface area contributed by atoms with Gasteiger partial charge in [-0.2, -0.15) is 0 Å². The van der Waals surface area contributed by atoms with Crippen molar-refractivity contribution < 1.29 is 4.79 Å². The van der Waals surface area contributed by atoms with E-state index in [0.29, 0.717) is 16.7 Å². The summed E-state index contributed by atoms with van der Waals surface area (Å²) in [7, 11) is 0. The largest absolute Gasteiger partial charge is 0.292 e. The fraction of sp³-hybridized carbons (Fsp3) is 0.231. The SMILES string of the molecule is Cc1cc(C)n2c(SCC(=O)c3cccs3)nnc2n1. The molecule has 0 spiro atoms. The molecule has 0 aliphatic carbocycles. The number of thiophene rings is 1. The molecule has 0 atom stereocenters. The summed E-state index contributed by atoms with van der Waals surface area (Å²) >= 11 is 2.85. The maximum absolute atomic E-state index is 12.0. The number of carbonyl (C=O) groups is 1. The number of aryl methyl sites for hydroxylation is 2. The van der Waals surface area contributed by atoms with Gasteiger partial charge in [-0.05, 0) is 31.4 Å². The third-order valence-electron chi connectivity index (χ3n) is 2.79. The lowest BCUT2D eigenvalue weighted by molar-refractivity contribution is 0.102. The molecular weight excluding hydrogens is 292 g/mol. The van der Waals surface area contributed by atoms with Gasteiger partial charge in [-0.15, -0.1) is 21.5 Å². The standard InChI is InChI=1S/C13H12N4OS2/c1-8-6-9(2)17-12(14-8)15-16-13(17)20-7-10(18)11-4-3-5-19-11/h3-6H,7H2,1-2H3. The second kappa shape index (κ2) is 5.34. The van der Waals surface area contributed by atoms with Gasteiger partial charge in [-0.25, -0.2) is 4.98 Å². The first-order chi connectivity index (χ1) is 9.65. The van der Waals surface area contributed by atoms with Gasteiger partial charge in [-0.3, -0.25) is 9.20 Å². The van der Waals surface area contributed by atoms with Crippen LogP contribution in [0.2, 0.25) is 0 Å². The molecule has 20 heavy (non-hydrogen) atoms. The summed E-state index contributed by atoms with van der Waals surface area (Å²) in [5.74, 6) is 1.04. The van der Waals surface area contributed by atoms with Gasteiger partial charge in [-0.1, -0.05) is 17.8 Å². The van der Waals surface area contributed by atoms with Crippen LogP contribution in [0.3, 0.4) is 0 Å². The molecule has 102 valence electrons. The lowest BCUT2D eigenvalue weighted by atomic mass is 10.3. The molecule has 0 amide bonds. The van der Waals surface area contributed by atoms with Crippen LogP contribution in [0.4, 0.5) is 0 Å². The van der Waals surface area contributed by atoms with Crippen LogP contribution >= 0.6 is 23.1 Å². The lowest BCUT2D eigenvalue weighted by Gasteiger charge is -2.03. The second-order valence-corrected chi connectivity index (χ2v) is 6.24. The van der Waals surface area contributed by atoms with Gasteiger partial charge in [0.15, 0.2) is 10.9 Å². The normalized spacial score (nSPS) is 11.1. The molecule has 0 N–H and O–H groups in total. The number of rotatable bonds is 4. The quantitative estimate of drug-likeness (QED) is 0.548. The summed E-state index contributed by atoms with van der Waals surface area (Å²) in [6, 6.07) is 5.69. The van der Waals surface area contributed by atoms with E-state index in [-0.39, 0.29) is 5.78 Å². The van der Waals surface area contributed by atoms with Crippen molar-refractivity contribution in [1.29, 1.82) is 0 Å². The number of fused-ring (bicyclic) bond motifs is 1. The first-order valence-electron chi connectivity index (χ1n) is 6.04. The van der Waals surface area contributed by atoms with Crippen LogP contribution in [-0.4, -0.2) is 31.1 Å². The molecule has 0 fully saturated rings. The zero-order chi connectivity index (χ0) is 14.1. The summed E-state index contributed by atoms with van der Waals surface area (Å²) in [5, 5.41) is 10.8. The number of nitrogens with zero attached hydrogens (tertiary/aromatic N) is 4. The molecule has 0 saturated heterocycles. The first-order valence-corrected chi connectivity index (χ1v) is 7.90. The van der Waals surface area contributed by atoms with Crippen molar-refractivity contribution in [2.45, 2.75) is 19.0 Å². The van der Waals surface area contributed by atoms with E-state index in [9.17, 15) is 4.79 Å². The minimum Gasteiger partial charge on any atom is -0.292 e. The van der Waals surface area contributed by atoms with Crippen LogP contribution in [0, 0.1) is 13.8 Å². The van der Waals surface area contributed by atoms with E-state index in [2.05, 4.69) is 15.2 Å². The number of Topliss-reactive ketones (excluding diaryl/α,β-unsaturated/α-hetero) is 1. The minimum absolute atomic E-state index is 0.111. The molecule has 3 heterocycles. The third kappa shape index (κ3) is 2.46. The number of carbonyl (C=O) groups excluding carboxylic acids is 1. The van der Waals surface area contributed by atoms with Gasteiger partial charge in [0, 0.05) is 11.4 Å². The van der Waals surface area contributed by atoms with Gasteiger partial charge in [0.2, 0.25) is 0 Å². The number of thioether (sulfide) groups is 1. The molecule has 5 nitrogen and oxygen atoms in total. The van der Waals surface area contributed by atoms with E-state index in [0.717, 1.165) is 16.3 Å². The number of hydrogen-bond acceptors (Lipinski definition) is 6. The van der Waals surface area contributed by atoms with Crippen molar-refractivity contribution in [1.82, 2.24) is 19.6 Å². The summed E-state index contributed by atoms with van der Waals surface area (Å²) < 4.78 is 1.87. The van der Waals surface area contributed by atoms with E-state index >= 15 is 0 Å². The first kappa shape index (κ1) is 13.3. The van der Waals surface area contributed by atoms with Crippen LogP contribution in [-0.2, 0) is 0 Å². The second-order valence-electron chi connectivity index (χ2n) is 4.35. The van der Waals surface area contributed by atoms with Gasteiger partial charge in [0.05, 0.1) is 10.6 Å². The van der Waals surface area contributed by atoms with Gasteiger partial charge in [0.25, 0.3) is 5.78 Å². The van der Waals surface area contributed by atoms with Gasteiger partial charge < -0.3 is 0 Å². The van der Waals surface area contributed by atoms with Crippen molar-refractivity contribution in [3.8, 4) is 0 Å². The van der Waals surface area contributed by atoms with Crippen LogP contribution in [0.15, 0.2) is 28.7 Å². The smallest absolute Gasteiger partial charge is 0.256 e. The molecule has 7 heteroatoms. The van der Waals surface area contributed by atoms with Crippen molar-refractivity contribution in [2.24, 2.45) is 0 Å². The maximum atomic E-state index is 12.0. The van der Waals surface area contributed by atoms with E-state index in [1.807, 2.05) is 41.8 Å². The summed E-state index contributed by atoms with van der Waals surface area (Å²) in [4.78, 5) is 17.1. The van der Waals surface area contributed by atoms with Crippen LogP contribution in [0.5, 0.6) is 0 Å². The summed E-state index contributed by atoms with van der Waals surface area (Å²) in [6.07, 6.45) is 0. The maximum Gasteiger partial charge on any atom is 0.256 e. The van der Waals surface area contributed by atoms with Gasteiger partial charge >= 0.3 is 0 Å². The van der Waals surface area contributed by atoms with Crippen molar-refractivity contribution in [3.05, 3.63) is 39.8 Å².